The van der Waals surface area contributed by atoms with Crippen LogP contribution in [0.5, 0.6) is 11.5 Å². The van der Waals surface area contributed by atoms with Crippen LogP contribution >= 0.6 is 0 Å². The summed E-state index contributed by atoms with van der Waals surface area (Å²) in [5, 5.41) is 31.3. The number of phenols is 2. The van der Waals surface area contributed by atoms with Gasteiger partial charge in [0.2, 0.25) is 5.82 Å². The first-order valence-corrected chi connectivity index (χ1v) is 5.62. The molecule has 0 unspecified atom stereocenters. The molecular formula is C13H10N4O2. The van der Waals surface area contributed by atoms with E-state index in [9.17, 15) is 10.2 Å². The second-order valence-corrected chi connectivity index (χ2v) is 3.91. The second kappa shape index (κ2) is 4.41. The number of tetrazole rings is 1. The summed E-state index contributed by atoms with van der Waals surface area (Å²) in [4.78, 5) is 1.22. The van der Waals surface area contributed by atoms with E-state index in [1.54, 1.807) is 48.5 Å². The number of para-hydroxylation sites is 3. The zero-order chi connectivity index (χ0) is 13.2. The third kappa shape index (κ3) is 1.99. The summed E-state index contributed by atoms with van der Waals surface area (Å²) in [5.74, 6) is 0.435. The van der Waals surface area contributed by atoms with E-state index in [0.717, 1.165) is 0 Å². The van der Waals surface area contributed by atoms with E-state index >= 15 is 0 Å². The molecule has 0 saturated heterocycles. The lowest BCUT2D eigenvalue weighted by Crippen LogP contribution is -1.99. The molecule has 6 heteroatoms. The van der Waals surface area contributed by atoms with Crippen molar-refractivity contribution >= 4 is 0 Å². The van der Waals surface area contributed by atoms with Crippen LogP contribution in [0.4, 0.5) is 0 Å². The number of phenolic OH excluding ortho intramolecular Hbond substituents is 2. The molecule has 19 heavy (non-hydrogen) atoms. The Balaban J connectivity index is 2.06. The molecule has 0 spiro atoms. The lowest BCUT2D eigenvalue weighted by molar-refractivity contribution is 0.466. The lowest BCUT2D eigenvalue weighted by atomic mass is 10.2. The molecule has 1 aromatic heterocycles. The standard InChI is InChI=1S/C13H10N4O2/c18-11-7-3-1-5-9(11)13-14-16-17(15-13)10-6-2-4-8-12(10)19/h1-8,18-19H. The van der Waals surface area contributed by atoms with Gasteiger partial charge < -0.3 is 10.2 Å². The van der Waals surface area contributed by atoms with E-state index in [0.29, 0.717) is 17.1 Å². The maximum absolute atomic E-state index is 9.73. The normalized spacial score (nSPS) is 10.5. The topological polar surface area (TPSA) is 84.1 Å². The Bertz CT molecular complexity index is 664. The van der Waals surface area contributed by atoms with Gasteiger partial charge in [-0.05, 0) is 29.5 Å². The predicted molar refractivity (Wildman–Crippen MR) is 67.9 cm³/mol. The molecular weight excluding hydrogens is 244 g/mol. The molecule has 1 heterocycles. The van der Waals surface area contributed by atoms with Gasteiger partial charge in [-0.1, -0.05) is 24.3 Å². The van der Waals surface area contributed by atoms with Crippen molar-refractivity contribution in [3.63, 3.8) is 0 Å². The van der Waals surface area contributed by atoms with E-state index in [4.69, 9.17) is 0 Å². The summed E-state index contributed by atoms with van der Waals surface area (Å²) in [6.07, 6.45) is 0. The molecule has 0 amide bonds. The van der Waals surface area contributed by atoms with Gasteiger partial charge in [0.25, 0.3) is 0 Å². The predicted octanol–water partition coefficient (Wildman–Crippen LogP) is 1.74. The highest BCUT2D eigenvalue weighted by molar-refractivity contribution is 5.62. The molecule has 0 radical (unpaired) electrons. The van der Waals surface area contributed by atoms with Crippen molar-refractivity contribution in [3.8, 4) is 28.6 Å². The van der Waals surface area contributed by atoms with Crippen LogP contribution in [-0.4, -0.2) is 30.4 Å². The molecule has 0 aliphatic carbocycles. The molecule has 2 N–H and O–H groups in total. The molecule has 0 atom stereocenters. The van der Waals surface area contributed by atoms with Crippen molar-refractivity contribution in [3.05, 3.63) is 48.5 Å². The van der Waals surface area contributed by atoms with Gasteiger partial charge in [0.1, 0.15) is 17.2 Å². The first-order valence-electron chi connectivity index (χ1n) is 5.62. The number of hydrogen-bond donors (Lipinski definition) is 2. The Kier molecular flexibility index (Phi) is 2.60. The van der Waals surface area contributed by atoms with E-state index in [1.807, 2.05) is 0 Å². The Morgan fingerprint density at radius 2 is 1.53 bits per heavy atom. The summed E-state index contributed by atoms with van der Waals surface area (Å²) in [5.41, 5.74) is 0.917. The number of rotatable bonds is 2. The van der Waals surface area contributed by atoms with Crippen molar-refractivity contribution in [1.82, 2.24) is 20.2 Å². The highest BCUT2D eigenvalue weighted by Crippen LogP contribution is 2.26. The second-order valence-electron chi connectivity index (χ2n) is 3.91. The number of aromatic nitrogens is 4. The van der Waals surface area contributed by atoms with Crippen LogP contribution in [0.2, 0.25) is 0 Å². The molecule has 0 bridgehead atoms. The van der Waals surface area contributed by atoms with Gasteiger partial charge in [0.15, 0.2) is 0 Å². The van der Waals surface area contributed by atoms with Gasteiger partial charge in [-0.15, -0.1) is 15.0 Å². The van der Waals surface area contributed by atoms with E-state index in [-0.39, 0.29) is 11.5 Å². The van der Waals surface area contributed by atoms with Gasteiger partial charge in [-0.3, -0.25) is 0 Å². The molecule has 94 valence electrons. The summed E-state index contributed by atoms with van der Waals surface area (Å²) in [6.45, 7) is 0. The van der Waals surface area contributed by atoms with Crippen LogP contribution in [0.3, 0.4) is 0 Å². The lowest BCUT2D eigenvalue weighted by Gasteiger charge is -2.00. The van der Waals surface area contributed by atoms with Gasteiger partial charge in [0, 0.05) is 0 Å². The van der Waals surface area contributed by atoms with Crippen LogP contribution in [0.25, 0.3) is 17.1 Å². The highest BCUT2D eigenvalue weighted by Gasteiger charge is 2.12. The smallest absolute Gasteiger partial charge is 0.209 e. The molecule has 2 aromatic carbocycles. The number of benzene rings is 2. The summed E-state index contributed by atoms with van der Waals surface area (Å²) in [6, 6.07) is 13.4. The summed E-state index contributed by atoms with van der Waals surface area (Å²) >= 11 is 0. The Hall–Kier alpha value is -2.89. The maximum atomic E-state index is 9.73. The van der Waals surface area contributed by atoms with Gasteiger partial charge in [-0.25, -0.2) is 0 Å². The van der Waals surface area contributed by atoms with Crippen LogP contribution in [0.1, 0.15) is 0 Å². The fourth-order valence-electron chi connectivity index (χ4n) is 1.72. The van der Waals surface area contributed by atoms with Crippen molar-refractivity contribution in [2.75, 3.05) is 0 Å². The molecule has 6 nitrogen and oxygen atoms in total. The quantitative estimate of drug-likeness (QED) is 0.727. The fourth-order valence-corrected chi connectivity index (χ4v) is 1.72. The molecule has 0 aliphatic heterocycles. The molecule has 0 aliphatic rings. The minimum atomic E-state index is 0.0590. The Labute approximate surface area is 108 Å². The van der Waals surface area contributed by atoms with Crippen molar-refractivity contribution in [1.29, 1.82) is 0 Å². The SMILES string of the molecule is Oc1ccccc1-c1nnn(-c2ccccc2O)n1. The van der Waals surface area contributed by atoms with Crippen LogP contribution in [0.15, 0.2) is 48.5 Å². The average Bonchev–Trinajstić information content (AvgIpc) is 2.89. The fraction of sp³-hybridized carbons (Fsp3) is 0. The van der Waals surface area contributed by atoms with Gasteiger partial charge in [-0.2, -0.15) is 0 Å². The zero-order valence-electron chi connectivity index (χ0n) is 9.80. The summed E-state index contributed by atoms with van der Waals surface area (Å²) < 4.78 is 0. The van der Waals surface area contributed by atoms with Crippen LogP contribution in [0, 0.1) is 0 Å². The first kappa shape index (κ1) is 11.2. The minimum absolute atomic E-state index is 0.0590. The molecule has 3 aromatic rings. The first-order chi connectivity index (χ1) is 9.25. The zero-order valence-corrected chi connectivity index (χ0v) is 9.80. The Morgan fingerprint density at radius 1 is 0.842 bits per heavy atom. The molecule has 0 fully saturated rings. The monoisotopic (exact) mass is 254 g/mol. The maximum Gasteiger partial charge on any atom is 0.209 e. The van der Waals surface area contributed by atoms with E-state index < -0.39 is 0 Å². The molecule has 3 rings (SSSR count). The number of hydrogen-bond acceptors (Lipinski definition) is 5. The van der Waals surface area contributed by atoms with Crippen molar-refractivity contribution in [2.24, 2.45) is 0 Å². The van der Waals surface area contributed by atoms with Crippen molar-refractivity contribution in [2.45, 2.75) is 0 Å². The van der Waals surface area contributed by atoms with Gasteiger partial charge >= 0.3 is 0 Å². The summed E-state index contributed by atoms with van der Waals surface area (Å²) in [7, 11) is 0. The molecule has 0 saturated carbocycles. The van der Waals surface area contributed by atoms with Crippen LogP contribution < -0.4 is 0 Å². The number of aromatic hydroxyl groups is 2. The highest BCUT2D eigenvalue weighted by atomic mass is 16.3. The van der Waals surface area contributed by atoms with Crippen LogP contribution in [-0.2, 0) is 0 Å². The third-order valence-corrected chi connectivity index (χ3v) is 2.66. The van der Waals surface area contributed by atoms with E-state index in [2.05, 4.69) is 15.4 Å². The minimum Gasteiger partial charge on any atom is -0.507 e. The van der Waals surface area contributed by atoms with Crippen molar-refractivity contribution < 1.29 is 10.2 Å². The Morgan fingerprint density at radius 3 is 2.26 bits per heavy atom. The third-order valence-electron chi connectivity index (χ3n) is 2.66. The average molecular weight is 254 g/mol. The van der Waals surface area contributed by atoms with E-state index in [1.165, 1.54) is 4.80 Å². The largest absolute Gasteiger partial charge is 0.507 e. The van der Waals surface area contributed by atoms with Gasteiger partial charge in [0.05, 0.1) is 5.56 Å². The number of nitrogens with zero attached hydrogens (tertiary/aromatic N) is 4.